The van der Waals surface area contributed by atoms with Crippen LogP contribution in [0, 0.1) is 0 Å². The molecule has 0 fully saturated rings. The van der Waals surface area contributed by atoms with Crippen LogP contribution in [0.2, 0.25) is 0 Å². The van der Waals surface area contributed by atoms with Crippen molar-refractivity contribution in [3.05, 3.63) is 58.5 Å². The molecule has 1 amide bonds. The summed E-state index contributed by atoms with van der Waals surface area (Å²) >= 11 is 1.73. The number of hydrogen-bond acceptors (Lipinski definition) is 4. The molecule has 22 heavy (non-hydrogen) atoms. The van der Waals surface area contributed by atoms with Crippen molar-refractivity contribution in [2.75, 3.05) is 6.54 Å². The van der Waals surface area contributed by atoms with Crippen LogP contribution >= 0.6 is 11.8 Å². The fourth-order valence-corrected chi connectivity index (χ4v) is 3.54. The van der Waals surface area contributed by atoms with E-state index in [4.69, 9.17) is 9.84 Å². The smallest absolute Gasteiger partial charge is 0.322 e. The standard InChI is InChI=1S/C16H15NO4S/c18-15(19)8-17-16(20)10-5-6-13-11(7-10)9-21-12-3-1-2-4-14(12)22-13/h1,3,5-7,9,13H,2,4,8H2,(H,17,20)(H,18,19). The number of fused-ring (bicyclic) bond motifs is 1. The van der Waals surface area contributed by atoms with Gasteiger partial charge in [0.15, 0.2) is 0 Å². The van der Waals surface area contributed by atoms with Crippen LogP contribution in [0.4, 0.5) is 0 Å². The van der Waals surface area contributed by atoms with E-state index in [0.29, 0.717) is 5.57 Å². The van der Waals surface area contributed by atoms with Crippen molar-refractivity contribution in [1.29, 1.82) is 0 Å². The summed E-state index contributed by atoms with van der Waals surface area (Å²) < 4.78 is 5.71. The predicted octanol–water partition coefficient (Wildman–Crippen LogP) is 2.26. The van der Waals surface area contributed by atoms with E-state index in [1.165, 1.54) is 4.91 Å². The second-order valence-corrected chi connectivity index (χ2v) is 6.27. The Morgan fingerprint density at radius 2 is 2.27 bits per heavy atom. The maximum atomic E-state index is 11.9. The summed E-state index contributed by atoms with van der Waals surface area (Å²) in [5.41, 5.74) is 1.33. The van der Waals surface area contributed by atoms with Crippen molar-refractivity contribution in [3.8, 4) is 0 Å². The molecule has 0 bridgehead atoms. The molecule has 1 unspecified atom stereocenters. The Bertz CT molecular complexity index is 670. The van der Waals surface area contributed by atoms with Crippen LogP contribution < -0.4 is 5.32 Å². The first-order valence-corrected chi connectivity index (χ1v) is 7.84. The number of hydrogen-bond donors (Lipinski definition) is 2. The van der Waals surface area contributed by atoms with Crippen LogP contribution in [0.3, 0.4) is 0 Å². The number of rotatable bonds is 3. The highest BCUT2D eigenvalue weighted by atomic mass is 32.2. The average Bonchev–Trinajstić information content (AvgIpc) is 2.71. The van der Waals surface area contributed by atoms with E-state index in [0.717, 1.165) is 24.2 Å². The number of carboxylic acids is 1. The highest BCUT2D eigenvalue weighted by Gasteiger charge is 2.24. The lowest BCUT2D eigenvalue weighted by Crippen LogP contribution is -2.30. The fraction of sp³-hybridized carbons (Fsp3) is 0.250. The van der Waals surface area contributed by atoms with Gasteiger partial charge in [-0.3, -0.25) is 9.59 Å². The van der Waals surface area contributed by atoms with Crippen LogP contribution in [0.1, 0.15) is 12.8 Å². The maximum Gasteiger partial charge on any atom is 0.322 e. The van der Waals surface area contributed by atoms with Gasteiger partial charge < -0.3 is 15.2 Å². The third kappa shape index (κ3) is 3.17. The Labute approximate surface area is 132 Å². The zero-order chi connectivity index (χ0) is 15.5. The molecule has 0 aromatic carbocycles. The molecule has 3 aliphatic rings. The summed E-state index contributed by atoms with van der Waals surface area (Å²) in [4.78, 5) is 23.6. The van der Waals surface area contributed by atoms with Crippen molar-refractivity contribution in [2.45, 2.75) is 18.1 Å². The molecule has 1 aliphatic heterocycles. The van der Waals surface area contributed by atoms with Gasteiger partial charge in [0.25, 0.3) is 5.91 Å². The predicted molar refractivity (Wildman–Crippen MR) is 83.8 cm³/mol. The van der Waals surface area contributed by atoms with Crippen LogP contribution in [0.25, 0.3) is 0 Å². The van der Waals surface area contributed by atoms with Crippen molar-refractivity contribution >= 4 is 23.6 Å². The maximum absolute atomic E-state index is 11.9. The molecule has 5 nitrogen and oxygen atoms in total. The lowest BCUT2D eigenvalue weighted by Gasteiger charge is -2.18. The van der Waals surface area contributed by atoms with E-state index in [1.807, 2.05) is 12.2 Å². The average molecular weight is 317 g/mol. The van der Waals surface area contributed by atoms with Gasteiger partial charge in [0, 0.05) is 16.1 Å². The number of nitrogens with one attached hydrogen (secondary N) is 1. The molecule has 1 heterocycles. The molecule has 0 saturated carbocycles. The Morgan fingerprint density at radius 3 is 3.09 bits per heavy atom. The number of carbonyl (C=O) groups excluding carboxylic acids is 1. The number of carbonyl (C=O) groups is 2. The normalized spacial score (nSPS) is 22.6. The molecule has 0 aromatic rings. The molecule has 1 atom stereocenters. The quantitative estimate of drug-likeness (QED) is 0.835. The SMILES string of the molecule is O=C(O)CNC(=O)C1=CC2=COC3=C(CCC=C3)SC2C=C1. The number of allylic oxidation sites excluding steroid dienone is 4. The summed E-state index contributed by atoms with van der Waals surface area (Å²) in [6.07, 6.45) is 13.1. The number of amides is 1. The van der Waals surface area contributed by atoms with Gasteiger partial charge in [-0.25, -0.2) is 0 Å². The first-order chi connectivity index (χ1) is 10.6. The highest BCUT2D eigenvalue weighted by Crippen LogP contribution is 2.40. The lowest BCUT2D eigenvalue weighted by molar-refractivity contribution is -0.137. The van der Waals surface area contributed by atoms with Crippen LogP contribution in [-0.4, -0.2) is 28.8 Å². The number of aliphatic carboxylic acids is 1. The molecular weight excluding hydrogens is 302 g/mol. The zero-order valence-corrected chi connectivity index (χ0v) is 12.6. The topological polar surface area (TPSA) is 75.6 Å². The summed E-state index contributed by atoms with van der Waals surface area (Å²) in [7, 11) is 0. The first kappa shape index (κ1) is 14.7. The minimum Gasteiger partial charge on any atom is -0.480 e. The summed E-state index contributed by atoms with van der Waals surface area (Å²) in [6, 6.07) is 0. The number of thioether (sulfide) groups is 1. The van der Waals surface area contributed by atoms with E-state index in [9.17, 15) is 9.59 Å². The molecule has 0 spiro atoms. The van der Waals surface area contributed by atoms with Crippen molar-refractivity contribution in [2.24, 2.45) is 0 Å². The van der Waals surface area contributed by atoms with E-state index in [1.54, 1.807) is 30.2 Å². The fourth-order valence-electron chi connectivity index (χ4n) is 2.35. The second kappa shape index (κ2) is 6.27. The largest absolute Gasteiger partial charge is 0.480 e. The molecular formula is C16H15NO4S. The van der Waals surface area contributed by atoms with Gasteiger partial charge in [-0.15, -0.1) is 11.8 Å². The van der Waals surface area contributed by atoms with Crippen molar-refractivity contribution < 1.29 is 19.4 Å². The number of ether oxygens (including phenoxy) is 1. The van der Waals surface area contributed by atoms with E-state index in [2.05, 4.69) is 11.4 Å². The second-order valence-electron chi connectivity index (χ2n) is 5.04. The van der Waals surface area contributed by atoms with Gasteiger partial charge in [-0.05, 0) is 25.0 Å². The zero-order valence-electron chi connectivity index (χ0n) is 11.7. The third-order valence-corrected chi connectivity index (χ3v) is 4.81. The van der Waals surface area contributed by atoms with Crippen molar-refractivity contribution in [1.82, 2.24) is 5.32 Å². The highest BCUT2D eigenvalue weighted by molar-refractivity contribution is 8.04. The van der Waals surface area contributed by atoms with Gasteiger partial charge in [-0.1, -0.05) is 18.2 Å². The van der Waals surface area contributed by atoms with Gasteiger partial charge >= 0.3 is 5.97 Å². The van der Waals surface area contributed by atoms with E-state index < -0.39 is 18.4 Å². The van der Waals surface area contributed by atoms with Crippen LogP contribution in [0.5, 0.6) is 0 Å². The van der Waals surface area contributed by atoms with Gasteiger partial charge in [0.1, 0.15) is 12.3 Å². The molecule has 6 heteroatoms. The lowest BCUT2D eigenvalue weighted by atomic mass is 10.0. The van der Waals surface area contributed by atoms with Gasteiger partial charge in [-0.2, -0.15) is 0 Å². The minimum atomic E-state index is -1.07. The summed E-state index contributed by atoms with van der Waals surface area (Å²) in [6.45, 7) is -0.390. The molecule has 3 rings (SSSR count). The van der Waals surface area contributed by atoms with Crippen LogP contribution in [-0.2, 0) is 14.3 Å². The third-order valence-electron chi connectivity index (χ3n) is 3.44. The van der Waals surface area contributed by atoms with Crippen LogP contribution in [0.15, 0.2) is 58.5 Å². The Balaban J connectivity index is 1.75. The molecule has 0 saturated heterocycles. The first-order valence-electron chi connectivity index (χ1n) is 6.96. The molecule has 114 valence electrons. The van der Waals surface area contributed by atoms with Gasteiger partial charge in [0.2, 0.25) is 0 Å². The van der Waals surface area contributed by atoms with E-state index in [-0.39, 0.29) is 5.25 Å². The summed E-state index contributed by atoms with van der Waals surface area (Å²) in [5, 5.41) is 11.1. The van der Waals surface area contributed by atoms with Crippen molar-refractivity contribution in [3.63, 3.8) is 0 Å². The molecule has 2 N–H and O–H groups in total. The monoisotopic (exact) mass is 317 g/mol. The molecule has 2 aliphatic carbocycles. The van der Waals surface area contributed by atoms with Gasteiger partial charge in [0.05, 0.1) is 11.5 Å². The van der Waals surface area contributed by atoms with E-state index >= 15 is 0 Å². The molecule has 0 radical (unpaired) electrons. The Morgan fingerprint density at radius 1 is 1.41 bits per heavy atom. The number of carboxylic acid groups (broad SMARTS) is 1. The molecule has 0 aromatic heterocycles. The minimum absolute atomic E-state index is 0.120. The Kier molecular flexibility index (Phi) is 4.20. The Hall–Kier alpha value is -2.21. The summed E-state index contributed by atoms with van der Waals surface area (Å²) in [5.74, 6) is -0.593.